The molecule has 3 N–H and O–H groups in total. The molecule has 0 spiro atoms. The Balaban J connectivity index is 1.41. The van der Waals surface area contributed by atoms with Crippen LogP contribution in [0, 0.1) is 0 Å². The van der Waals surface area contributed by atoms with Gasteiger partial charge < -0.3 is 20.5 Å². The number of nitrogens with zero attached hydrogens (tertiary/aromatic N) is 2. The van der Waals surface area contributed by atoms with Crippen LogP contribution in [0.15, 0.2) is 84.0 Å². The van der Waals surface area contributed by atoms with Crippen LogP contribution >= 0.6 is 0 Å². The fourth-order valence-electron chi connectivity index (χ4n) is 2.30. The van der Waals surface area contributed by atoms with Gasteiger partial charge in [-0.2, -0.15) is 0 Å². The number of hydrogen-bond donors (Lipinski definition) is 2. The van der Waals surface area contributed by atoms with Crippen molar-refractivity contribution in [2.45, 2.75) is 6.54 Å². The van der Waals surface area contributed by atoms with E-state index in [2.05, 4.69) is 15.3 Å². The largest absolute Gasteiger partial charge is 0.490 e. The standard InChI is InChI=1S/C21H22N4O2/c22-21(25-18-7-3-1-4-8-18)24-16-17-11-12-20(23-15-17)27-14-13-26-19-9-5-2-6-10-19/h1-12,15H,13-14,16H2,(H3,22,24,25). The van der Waals surface area contributed by atoms with Crippen molar-refractivity contribution in [2.24, 2.45) is 10.7 Å². The van der Waals surface area contributed by atoms with E-state index >= 15 is 0 Å². The smallest absolute Gasteiger partial charge is 0.213 e. The molecule has 6 heteroatoms. The van der Waals surface area contributed by atoms with E-state index in [1.807, 2.05) is 72.8 Å². The number of ether oxygens (including phenoxy) is 2. The highest BCUT2D eigenvalue weighted by Gasteiger charge is 1.99. The van der Waals surface area contributed by atoms with Gasteiger partial charge in [0.1, 0.15) is 19.0 Å². The van der Waals surface area contributed by atoms with Crippen molar-refractivity contribution in [2.75, 3.05) is 18.5 Å². The summed E-state index contributed by atoms with van der Waals surface area (Å²) < 4.78 is 11.2. The molecule has 0 amide bonds. The molecule has 1 heterocycles. The summed E-state index contributed by atoms with van der Waals surface area (Å²) in [4.78, 5) is 8.59. The lowest BCUT2D eigenvalue weighted by Gasteiger charge is -2.08. The zero-order valence-corrected chi connectivity index (χ0v) is 14.9. The number of anilines is 1. The summed E-state index contributed by atoms with van der Waals surface area (Å²) in [5.41, 5.74) is 7.74. The highest BCUT2D eigenvalue weighted by atomic mass is 16.5. The van der Waals surface area contributed by atoms with Crippen LogP contribution in [-0.4, -0.2) is 24.2 Å². The van der Waals surface area contributed by atoms with Crippen LogP contribution in [0.1, 0.15) is 5.56 Å². The number of rotatable bonds is 8. The third-order valence-corrected chi connectivity index (χ3v) is 3.62. The van der Waals surface area contributed by atoms with Crippen molar-refractivity contribution in [1.29, 1.82) is 0 Å². The second-order valence-corrected chi connectivity index (χ2v) is 5.71. The molecule has 0 aliphatic heterocycles. The predicted molar refractivity (Wildman–Crippen MR) is 107 cm³/mol. The van der Waals surface area contributed by atoms with Crippen LogP contribution in [0.5, 0.6) is 11.6 Å². The molecule has 0 unspecified atom stereocenters. The van der Waals surface area contributed by atoms with Crippen LogP contribution in [0.3, 0.4) is 0 Å². The Morgan fingerprint density at radius 3 is 2.30 bits per heavy atom. The Labute approximate surface area is 158 Å². The van der Waals surface area contributed by atoms with Crippen LogP contribution in [0.2, 0.25) is 0 Å². The van der Waals surface area contributed by atoms with Crippen LogP contribution in [0.25, 0.3) is 0 Å². The monoisotopic (exact) mass is 362 g/mol. The Morgan fingerprint density at radius 1 is 0.889 bits per heavy atom. The van der Waals surface area contributed by atoms with E-state index in [0.29, 0.717) is 31.6 Å². The highest BCUT2D eigenvalue weighted by molar-refractivity contribution is 5.92. The fourth-order valence-corrected chi connectivity index (χ4v) is 2.30. The van der Waals surface area contributed by atoms with Gasteiger partial charge in [-0.05, 0) is 29.8 Å². The molecule has 27 heavy (non-hydrogen) atoms. The summed E-state index contributed by atoms with van der Waals surface area (Å²) in [6.07, 6.45) is 1.73. The van der Waals surface area contributed by atoms with Gasteiger partial charge in [0.25, 0.3) is 0 Å². The molecule has 0 atom stereocenters. The van der Waals surface area contributed by atoms with Gasteiger partial charge in [0.15, 0.2) is 5.96 Å². The maximum absolute atomic E-state index is 5.89. The lowest BCUT2D eigenvalue weighted by Crippen LogP contribution is -2.22. The van der Waals surface area contributed by atoms with Gasteiger partial charge in [-0.25, -0.2) is 9.98 Å². The molecule has 6 nitrogen and oxygen atoms in total. The van der Waals surface area contributed by atoms with E-state index in [-0.39, 0.29) is 0 Å². The molecule has 3 aromatic rings. The van der Waals surface area contributed by atoms with Gasteiger partial charge in [0.05, 0.1) is 6.54 Å². The molecule has 138 valence electrons. The average Bonchev–Trinajstić information content (AvgIpc) is 2.72. The Morgan fingerprint density at radius 2 is 1.59 bits per heavy atom. The second-order valence-electron chi connectivity index (χ2n) is 5.71. The second kappa shape index (κ2) is 9.82. The molecular formula is C21H22N4O2. The summed E-state index contributed by atoms with van der Waals surface area (Å²) in [7, 11) is 0. The van der Waals surface area contributed by atoms with Crippen LogP contribution < -0.4 is 20.5 Å². The lowest BCUT2D eigenvalue weighted by molar-refractivity contribution is 0.212. The molecule has 0 aliphatic carbocycles. The summed E-state index contributed by atoms with van der Waals surface area (Å²) in [5.74, 6) is 1.73. The number of nitrogens with two attached hydrogens (primary N) is 1. The molecule has 0 saturated heterocycles. The van der Waals surface area contributed by atoms with Crippen molar-refractivity contribution in [1.82, 2.24) is 4.98 Å². The van der Waals surface area contributed by atoms with Gasteiger partial charge in [-0.1, -0.05) is 42.5 Å². The third kappa shape index (κ3) is 6.36. The van der Waals surface area contributed by atoms with Crippen molar-refractivity contribution < 1.29 is 9.47 Å². The molecule has 0 radical (unpaired) electrons. The third-order valence-electron chi connectivity index (χ3n) is 3.62. The maximum Gasteiger partial charge on any atom is 0.213 e. The van der Waals surface area contributed by atoms with Crippen molar-refractivity contribution in [3.05, 3.63) is 84.6 Å². The first-order chi connectivity index (χ1) is 13.3. The van der Waals surface area contributed by atoms with Gasteiger partial charge >= 0.3 is 0 Å². The van der Waals surface area contributed by atoms with Crippen molar-refractivity contribution in [3.63, 3.8) is 0 Å². The first-order valence-electron chi connectivity index (χ1n) is 8.67. The highest BCUT2D eigenvalue weighted by Crippen LogP contribution is 2.10. The Bertz CT molecular complexity index is 837. The fraction of sp³-hybridized carbons (Fsp3) is 0.143. The topological polar surface area (TPSA) is 81.8 Å². The van der Waals surface area contributed by atoms with E-state index in [0.717, 1.165) is 17.0 Å². The number of pyridine rings is 1. The van der Waals surface area contributed by atoms with Crippen molar-refractivity contribution >= 4 is 11.6 Å². The van der Waals surface area contributed by atoms with E-state index in [1.54, 1.807) is 6.20 Å². The molecule has 1 aromatic heterocycles. The number of benzene rings is 2. The normalized spacial score (nSPS) is 11.0. The lowest BCUT2D eigenvalue weighted by atomic mass is 10.3. The Kier molecular flexibility index (Phi) is 6.64. The minimum Gasteiger partial charge on any atom is -0.490 e. The summed E-state index contributed by atoms with van der Waals surface area (Å²) in [6, 6.07) is 23.0. The molecule has 2 aromatic carbocycles. The summed E-state index contributed by atoms with van der Waals surface area (Å²) >= 11 is 0. The van der Waals surface area contributed by atoms with Gasteiger partial charge in [-0.15, -0.1) is 0 Å². The quantitative estimate of drug-likeness (QED) is 0.364. The van der Waals surface area contributed by atoms with E-state index in [1.165, 1.54) is 0 Å². The zero-order chi connectivity index (χ0) is 18.7. The number of hydrogen-bond acceptors (Lipinski definition) is 4. The number of nitrogens with one attached hydrogen (secondary N) is 1. The molecule has 0 fully saturated rings. The molecule has 0 bridgehead atoms. The minimum absolute atomic E-state index is 0.361. The van der Waals surface area contributed by atoms with E-state index in [9.17, 15) is 0 Å². The molecule has 0 saturated carbocycles. The number of aromatic nitrogens is 1. The first kappa shape index (κ1) is 18.3. The van der Waals surface area contributed by atoms with Gasteiger partial charge in [0.2, 0.25) is 5.88 Å². The summed E-state index contributed by atoms with van der Waals surface area (Å²) in [6.45, 7) is 1.32. The average molecular weight is 362 g/mol. The first-order valence-corrected chi connectivity index (χ1v) is 8.67. The van der Waals surface area contributed by atoms with E-state index in [4.69, 9.17) is 15.2 Å². The Hall–Kier alpha value is -3.54. The summed E-state index contributed by atoms with van der Waals surface area (Å²) in [5, 5.41) is 3.04. The predicted octanol–water partition coefficient (Wildman–Crippen LogP) is 3.47. The zero-order valence-electron chi connectivity index (χ0n) is 14.9. The molecule has 0 aliphatic rings. The maximum atomic E-state index is 5.89. The van der Waals surface area contributed by atoms with E-state index < -0.39 is 0 Å². The number of aliphatic imine (C=N–C) groups is 1. The SMILES string of the molecule is NC(=NCc1ccc(OCCOc2ccccc2)nc1)Nc1ccccc1. The molecule has 3 rings (SSSR count). The van der Waals surface area contributed by atoms with Crippen LogP contribution in [-0.2, 0) is 6.54 Å². The number of guanidine groups is 1. The minimum atomic E-state index is 0.361. The number of para-hydroxylation sites is 2. The van der Waals surface area contributed by atoms with Gasteiger partial charge in [-0.3, -0.25) is 0 Å². The van der Waals surface area contributed by atoms with Crippen LogP contribution in [0.4, 0.5) is 5.69 Å². The van der Waals surface area contributed by atoms with Crippen molar-refractivity contribution in [3.8, 4) is 11.6 Å². The molecular weight excluding hydrogens is 340 g/mol. The van der Waals surface area contributed by atoms with Gasteiger partial charge in [0, 0.05) is 18.0 Å².